The van der Waals surface area contributed by atoms with E-state index >= 15 is 0 Å². The molecule has 0 bridgehead atoms. The zero-order valence-electron chi connectivity index (χ0n) is 11.5. The first-order valence-electron chi connectivity index (χ1n) is 6.19. The summed E-state index contributed by atoms with van der Waals surface area (Å²) in [4.78, 5) is 24.5. The molecule has 1 aliphatic heterocycles. The van der Waals surface area contributed by atoms with Crippen molar-refractivity contribution in [2.45, 2.75) is 46.1 Å². The molecule has 1 heterocycles. The highest BCUT2D eigenvalue weighted by molar-refractivity contribution is 6.13. The Labute approximate surface area is 117 Å². The van der Waals surface area contributed by atoms with E-state index in [-0.39, 0.29) is 36.6 Å². The third kappa shape index (κ3) is 4.33. The molecule has 0 radical (unpaired) electrons. The van der Waals surface area contributed by atoms with Crippen molar-refractivity contribution in [1.82, 2.24) is 4.84 Å². The van der Waals surface area contributed by atoms with Gasteiger partial charge in [0.15, 0.2) is 0 Å². The zero-order chi connectivity index (χ0) is 14.6. The Balaban J connectivity index is 2.74. The molecule has 0 spiro atoms. The van der Waals surface area contributed by atoms with Crippen molar-refractivity contribution >= 4 is 23.7 Å². The number of esters is 2. The quantitative estimate of drug-likeness (QED) is 0.621. The standard InChI is InChI=1S/C12H20ClNO5/c1-6-7(2)11(14-13)12(18-9(4)16)19-10(6)5-17-8(3)15/h6-7,10-12,14H,5H2,1-4H3/t6-,7-,10?,11?,12-/m0/s1. The Morgan fingerprint density at radius 2 is 1.84 bits per heavy atom. The van der Waals surface area contributed by atoms with E-state index in [1.807, 2.05) is 13.8 Å². The van der Waals surface area contributed by atoms with Gasteiger partial charge in [-0.1, -0.05) is 13.8 Å². The minimum absolute atomic E-state index is 0.0937. The fourth-order valence-corrected chi connectivity index (χ4v) is 2.40. The highest BCUT2D eigenvalue weighted by Crippen LogP contribution is 2.31. The lowest BCUT2D eigenvalue weighted by Crippen LogP contribution is -2.56. The molecule has 6 nitrogen and oxygen atoms in total. The number of hydrogen-bond acceptors (Lipinski definition) is 6. The molecule has 2 unspecified atom stereocenters. The molecule has 1 N–H and O–H groups in total. The Morgan fingerprint density at radius 1 is 1.21 bits per heavy atom. The van der Waals surface area contributed by atoms with Crippen molar-refractivity contribution in [3.63, 3.8) is 0 Å². The molecule has 1 fully saturated rings. The third-order valence-electron chi connectivity index (χ3n) is 3.44. The number of nitrogens with one attached hydrogen (secondary N) is 1. The molecule has 0 aliphatic carbocycles. The maximum absolute atomic E-state index is 11.1. The fourth-order valence-electron chi connectivity index (χ4n) is 2.10. The number of carbonyl (C=O) groups is 2. The van der Waals surface area contributed by atoms with Gasteiger partial charge in [-0.25, -0.2) is 4.84 Å². The molecule has 19 heavy (non-hydrogen) atoms. The highest BCUT2D eigenvalue weighted by Gasteiger charge is 2.43. The van der Waals surface area contributed by atoms with E-state index < -0.39 is 12.3 Å². The van der Waals surface area contributed by atoms with Crippen LogP contribution in [0.25, 0.3) is 0 Å². The summed E-state index contributed by atoms with van der Waals surface area (Å²) >= 11 is 5.69. The third-order valence-corrected chi connectivity index (χ3v) is 3.70. The van der Waals surface area contributed by atoms with Gasteiger partial charge in [-0.3, -0.25) is 9.59 Å². The first-order chi connectivity index (χ1) is 8.86. The van der Waals surface area contributed by atoms with Crippen molar-refractivity contribution in [1.29, 1.82) is 0 Å². The van der Waals surface area contributed by atoms with Crippen LogP contribution in [0.15, 0.2) is 0 Å². The lowest BCUT2D eigenvalue weighted by atomic mass is 9.82. The Morgan fingerprint density at radius 3 is 2.32 bits per heavy atom. The van der Waals surface area contributed by atoms with Crippen LogP contribution < -0.4 is 4.84 Å². The maximum Gasteiger partial charge on any atom is 0.304 e. The predicted octanol–water partition coefficient (Wildman–Crippen LogP) is 1.22. The van der Waals surface area contributed by atoms with Gasteiger partial charge in [0, 0.05) is 13.8 Å². The topological polar surface area (TPSA) is 73.9 Å². The van der Waals surface area contributed by atoms with Crippen LogP contribution in [-0.2, 0) is 23.8 Å². The second-order valence-corrected chi connectivity index (χ2v) is 5.03. The van der Waals surface area contributed by atoms with Gasteiger partial charge >= 0.3 is 11.9 Å². The molecule has 5 atom stereocenters. The van der Waals surface area contributed by atoms with Gasteiger partial charge in [-0.15, -0.1) is 0 Å². The average molecular weight is 294 g/mol. The molecule has 110 valence electrons. The summed E-state index contributed by atoms with van der Waals surface area (Å²) in [5.74, 6) is -0.626. The van der Waals surface area contributed by atoms with Crippen LogP contribution in [0, 0.1) is 11.8 Å². The van der Waals surface area contributed by atoms with E-state index in [9.17, 15) is 9.59 Å². The summed E-state index contributed by atoms with van der Waals surface area (Å²) in [6.07, 6.45) is -1.12. The molecule has 1 saturated heterocycles. The van der Waals surface area contributed by atoms with Gasteiger partial charge in [-0.2, -0.15) is 0 Å². The monoisotopic (exact) mass is 293 g/mol. The maximum atomic E-state index is 11.1. The van der Waals surface area contributed by atoms with Crippen molar-refractivity contribution < 1.29 is 23.8 Å². The molecule has 0 aromatic rings. The summed E-state index contributed by atoms with van der Waals surface area (Å²) in [6.45, 7) is 6.73. The molecule has 0 amide bonds. The number of carbonyl (C=O) groups excluding carboxylic acids is 2. The Hall–Kier alpha value is -0.850. The highest BCUT2D eigenvalue weighted by atomic mass is 35.5. The van der Waals surface area contributed by atoms with Gasteiger partial charge in [0.05, 0.1) is 12.1 Å². The van der Waals surface area contributed by atoms with Gasteiger partial charge in [0.1, 0.15) is 6.61 Å². The molecule has 1 aliphatic rings. The van der Waals surface area contributed by atoms with Crippen LogP contribution in [-0.4, -0.2) is 37.0 Å². The lowest BCUT2D eigenvalue weighted by Gasteiger charge is -2.43. The van der Waals surface area contributed by atoms with Crippen molar-refractivity contribution in [3.05, 3.63) is 0 Å². The van der Waals surface area contributed by atoms with Crippen molar-refractivity contribution in [3.8, 4) is 0 Å². The molecule has 1 rings (SSSR count). The summed E-state index contributed by atoms with van der Waals surface area (Å²) in [5.41, 5.74) is 0. The van der Waals surface area contributed by atoms with Gasteiger partial charge in [-0.05, 0) is 23.6 Å². The molecular formula is C12H20ClNO5. The smallest absolute Gasteiger partial charge is 0.304 e. The van der Waals surface area contributed by atoms with Crippen LogP contribution in [0.5, 0.6) is 0 Å². The largest absolute Gasteiger partial charge is 0.463 e. The van der Waals surface area contributed by atoms with E-state index in [2.05, 4.69) is 4.84 Å². The van der Waals surface area contributed by atoms with E-state index in [4.69, 9.17) is 26.0 Å². The van der Waals surface area contributed by atoms with E-state index in [0.717, 1.165) is 0 Å². The second kappa shape index (κ2) is 7.07. The lowest BCUT2D eigenvalue weighted by molar-refractivity contribution is -0.236. The summed E-state index contributed by atoms with van der Waals surface area (Å²) < 4.78 is 15.7. The summed E-state index contributed by atoms with van der Waals surface area (Å²) in [6, 6.07) is -0.311. The molecule has 0 aromatic carbocycles. The Kier molecular flexibility index (Phi) is 6.03. The van der Waals surface area contributed by atoms with Crippen molar-refractivity contribution in [2.75, 3.05) is 6.61 Å². The molecule has 0 saturated carbocycles. The average Bonchev–Trinajstić information content (AvgIpc) is 2.31. The van der Waals surface area contributed by atoms with E-state index in [0.29, 0.717) is 0 Å². The second-order valence-electron chi connectivity index (χ2n) is 4.81. The van der Waals surface area contributed by atoms with Crippen LogP contribution in [0.1, 0.15) is 27.7 Å². The SMILES string of the molecule is CC(=O)OCC1O[C@H](OC(C)=O)C(NCl)[C@@H](C)[C@@H]1C. The van der Waals surface area contributed by atoms with Gasteiger partial charge < -0.3 is 14.2 Å². The van der Waals surface area contributed by atoms with Crippen LogP contribution in [0.3, 0.4) is 0 Å². The van der Waals surface area contributed by atoms with Crippen LogP contribution in [0.4, 0.5) is 0 Å². The van der Waals surface area contributed by atoms with E-state index in [1.165, 1.54) is 13.8 Å². The van der Waals surface area contributed by atoms with Gasteiger partial charge in [0.25, 0.3) is 0 Å². The minimum Gasteiger partial charge on any atom is -0.463 e. The number of hydrogen-bond donors (Lipinski definition) is 1. The minimum atomic E-state index is -0.790. The zero-order valence-corrected chi connectivity index (χ0v) is 12.3. The fraction of sp³-hybridized carbons (Fsp3) is 0.833. The predicted molar refractivity (Wildman–Crippen MR) is 68.2 cm³/mol. The molecule has 0 aromatic heterocycles. The van der Waals surface area contributed by atoms with Crippen molar-refractivity contribution in [2.24, 2.45) is 11.8 Å². The van der Waals surface area contributed by atoms with Gasteiger partial charge in [0.2, 0.25) is 6.29 Å². The normalized spacial score (nSPS) is 34.7. The first-order valence-corrected chi connectivity index (χ1v) is 6.56. The first kappa shape index (κ1) is 16.2. The molecular weight excluding hydrogens is 274 g/mol. The summed E-state index contributed by atoms with van der Waals surface area (Å²) in [7, 11) is 0. The number of rotatable bonds is 4. The Bertz CT molecular complexity index is 338. The van der Waals surface area contributed by atoms with Crippen LogP contribution in [0.2, 0.25) is 0 Å². The van der Waals surface area contributed by atoms with E-state index in [1.54, 1.807) is 0 Å². The molecule has 7 heteroatoms. The summed E-state index contributed by atoms with van der Waals surface area (Å²) in [5, 5.41) is 0. The number of halogens is 1. The number of ether oxygens (including phenoxy) is 3. The van der Waals surface area contributed by atoms with Crippen LogP contribution >= 0.6 is 11.8 Å².